The average Bonchev–Trinajstić information content (AvgIpc) is 3.02. The number of hydrogen-bond donors (Lipinski definition) is 1. The van der Waals surface area contributed by atoms with E-state index in [4.69, 9.17) is 0 Å². The Morgan fingerprint density at radius 2 is 1.80 bits per heavy atom. The average molecular weight is 411 g/mol. The number of hydrogen-bond acceptors (Lipinski definition) is 1. The molecule has 0 aromatic rings. The van der Waals surface area contributed by atoms with E-state index in [1.165, 1.54) is 51.4 Å². The van der Waals surface area contributed by atoms with Gasteiger partial charge in [-0.1, -0.05) is 91.5 Å². The minimum Gasteiger partial charge on any atom is -0.388 e. The molecule has 2 unspecified atom stereocenters. The zero-order valence-corrected chi connectivity index (χ0v) is 20.7. The van der Waals surface area contributed by atoms with Gasteiger partial charge in [0.05, 0.1) is 6.10 Å². The Kier molecular flexibility index (Phi) is 5.70. The number of fused-ring (bicyclic) bond motifs is 4. The van der Waals surface area contributed by atoms with Crippen molar-refractivity contribution in [2.45, 2.75) is 106 Å². The SMILES string of the molecule is CC(C)CCC[C@@H](C)C1CC=C2C3=C(CC[C@@]21C)[C@@]1(C)C=C[C@H](O)C(C)(C)C1CC3. The molecule has 6 atom stereocenters. The second-order valence-corrected chi connectivity index (χ2v) is 12.6. The highest BCUT2D eigenvalue weighted by molar-refractivity contribution is 5.51. The Morgan fingerprint density at radius 3 is 2.50 bits per heavy atom. The highest BCUT2D eigenvalue weighted by atomic mass is 16.3. The van der Waals surface area contributed by atoms with Gasteiger partial charge in [0.2, 0.25) is 0 Å². The van der Waals surface area contributed by atoms with Crippen LogP contribution in [0.5, 0.6) is 0 Å². The van der Waals surface area contributed by atoms with Gasteiger partial charge in [-0.05, 0) is 77.8 Å². The minimum atomic E-state index is -0.312. The summed E-state index contributed by atoms with van der Waals surface area (Å²) in [5.74, 6) is 3.01. The van der Waals surface area contributed by atoms with Gasteiger partial charge in [0.15, 0.2) is 0 Å². The molecule has 0 spiro atoms. The smallest absolute Gasteiger partial charge is 0.0775 e. The van der Waals surface area contributed by atoms with Crippen LogP contribution in [-0.2, 0) is 0 Å². The summed E-state index contributed by atoms with van der Waals surface area (Å²) < 4.78 is 0. The lowest BCUT2D eigenvalue weighted by atomic mass is 9.48. The summed E-state index contributed by atoms with van der Waals surface area (Å²) in [5.41, 5.74) is 5.62. The van der Waals surface area contributed by atoms with Crippen molar-refractivity contribution in [1.29, 1.82) is 0 Å². The molecule has 0 radical (unpaired) electrons. The molecule has 1 N–H and O–H groups in total. The maximum Gasteiger partial charge on any atom is 0.0775 e. The number of allylic oxidation sites excluding steroid dienone is 5. The fourth-order valence-corrected chi connectivity index (χ4v) is 8.12. The van der Waals surface area contributed by atoms with E-state index < -0.39 is 0 Å². The number of aliphatic hydroxyl groups excluding tert-OH is 1. The van der Waals surface area contributed by atoms with E-state index in [1.807, 2.05) is 0 Å². The normalized spacial score (nSPS) is 40.7. The molecule has 0 fully saturated rings. The van der Waals surface area contributed by atoms with Crippen LogP contribution in [0.1, 0.15) is 99.8 Å². The van der Waals surface area contributed by atoms with E-state index in [0.29, 0.717) is 11.3 Å². The van der Waals surface area contributed by atoms with E-state index in [1.54, 1.807) is 16.7 Å². The minimum absolute atomic E-state index is 0.0414. The molecule has 30 heavy (non-hydrogen) atoms. The van der Waals surface area contributed by atoms with Crippen LogP contribution in [0.3, 0.4) is 0 Å². The third-order valence-electron chi connectivity index (χ3n) is 10.1. The molecule has 0 saturated carbocycles. The molecule has 168 valence electrons. The van der Waals surface area contributed by atoms with Gasteiger partial charge in [-0.15, -0.1) is 0 Å². The topological polar surface area (TPSA) is 20.2 Å². The second kappa shape index (κ2) is 7.65. The lowest BCUT2D eigenvalue weighted by molar-refractivity contribution is -0.0191. The summed E-state index contributed by atoms with van der Waals surface area (Å²) in [4.78, 5) is 0. The fourth-order valence-electron chi connectivity index (χ4n) is 8.12. The summed E-state index contributed by atoms with van der Waals surface area (Å²) in [5, 5.41) is 10.7. The van der Waals surface area contributed by atoms with Crippen LogP contribution in [0.4, 0.5) is 0 Å². The first kappa shape index (κ1) is 22.4. The molecular weight excluding hydrogens is 364 g/mol. The predicted molar refractivity (Wildman–Crippen MR) is 128 cm³/mol. The fraction of sp³-hybridized carbons (Fsp3) is 0.793. The summed E-state index contributed by atoms with van der Waals surface area (Å²) in [6, 6.07) is 0. The zero-order valence-electron chi connectivity index (χ0n) is 20.7. The molecule has 4 aliphatic rings. The van der Waals surface area contributed by atoms with E-state index in [9.17, 15) is 5.11 Å². The van der Waals surface area contributed by atoms with Crippen molar-refractivity contribution in [2.24, 2.45) is 39.9 Å². The van der Waals surface area contributed by atoms with Crippen molar-refractivity contribution in [3.63, 3.8) is 0 Å². The largest absolute Gasteiger partial charge is 0.388 e. The second-order valence-electron chi connectivity index (χ2n) is 12.6. The first-order valence-corrected chi connectivity index (χ1v) is 12.8. The molecule has 0 saturated heterocycles. The third kappa shape index (κ3) is 3.30. The molecule has 1 nitrogen and oxygen atoms in total. The summed E-state index contributed by atoms with van der Waals surface area (Å²) >= 11 is 0. The van der Waals surface area contributed by atoms with Crippen molar-refractivity contribution in [1.82, 2.24) is 0 Å². The predicted octanol–water partition coefficient (Wildman–Crippen LogP) is 7.87. The van der Waals surface area contributed by atoms with Gasteiger partial charge >= 0.3 is 0 Å². The lowest BCUT2D eigenvalue weighted by Gasteiger charge is -2.56. The van der Waals surface area contributed by atoms with Crippen LogP contribution in [-0.4, -0.2) is 11.2 Å². The summed E-state index contributed by atoms with van der Waals surface area (Å²) in [6.45, 7) is 16.9. The van der Waals surface area contributed by atoms with Gasteiger partial charge in [-0.2, -0.15) is 0 Å². The van der Waals surface area contributed by atoms with Gasteiger partial charge < -0.3 is 5.11 Å². The van der Waals surface area contributed by atoms with Gasteiger partial charge in [-0.3, -0.25) is 0 Å². The summed E-state index contributed by atoms with van der Waals surface area (Å²) in [6.07, 6.45) is 17.2. The van der Waals surface area contributed by atoms with Gasteiger partial charge in [0, 0.05) is 5.41 Å². The first-order valence-electron chi connectivity index (χ1n) is 12.8. The highest BCUT2D eigenvalue weighted by Gasteiger charge is 2.55. The van der Waals surface area contributed by atoms with Crippen molar-refractivity contribution < 1.29 is 5.11 Å². The Labute approximate surface area is 186 Å². The third-order valence-corrected chi connectivity index (χ3v) is 10.1. The number of aliphatic hydroxyl groups is 1. The van der Waals surface area contributed by atoms with E-state index in [0.717, 1.165) is 17.8 Å². The molecule has 4 rings (SSSR count). The first-order chi connectivity index (χ1) is 14.0. The van der Waals surface area contributed by atoms with E-state index >= 15 is 0 Å². The van der Waals surface area contributed by atoms with Crippen molar-refractivity contribution in [2.75, 3.05) is 0 Å². The van der Waals surface area contributed by atoms with Gasteiger partial charge in [0.25, 0.3) is 0 Å². The maximum atomic E-state index is 10.7. The van der Waals surface area contributed by atoms with Crippen molar-refractivity contribution in [3.8, 4) is 0 Å². The van der Waals surface area contributed by atoms with Crippen LogP contribution in [0.15, 0.2) is 34.9 Å². The Morgan fingerprint density at radius 1 is 1.07 bits per heavy atom. The van der Waals surface area contributed by atoms with Gasteiger partial charge in [0.1, 0.15) is 0 Å². The molecule has 0 aromatic heterocycles. The Hall–Kier alpha value is -0.820. The molecule has 0 amide bonds. The lowest BCUT2D eigenvalue weighted by Crippen LogP contribution is -2.50. The van der Waals surface area contributed by atoms with Crippen molar-refractivity contribution in [3.05, 3.63) is 34.9 Å². The van der Waals surface area contributed by atoms with Crippen LogP contribution >= 0.6 is 0 Å². The number of rotatable bonds is 5. The Balaban J connectivity index is 1.60. The van der Waals surface area contributed by atoms with Crippen LogP contribution in [0.2, 0.25) is 0 Å². The van der Waals surface area contributed by atoms with Crippen LogP contribution < -0.4 is 0 Å². The Bertz CT molecular complexity index is 765. The zero-order chi connectivity index (χ0) is 21.9. The maximum absolute atomic E-state index is 10.7. The van der Waals surface area contributed by atoms with Gasteiger partial charge in [-0.25, -0.2) is 0 Å². The molecule has 0 aromatic carbocycles. The molecule has 0 bridgehead atoms. The summed E-state index contributed by atoms with van der Waals surface area (Å²) in [7, 11) is 0. The van der Waals surface area contributed by atoms with Crippen LogP contribution in [0.25, 0.3) is 0 Å². The molecular formula is C29H46O. The molecule has 4 aliphatic carbocycles. The molecule has 1 heteroatoms. The molecule has 0 aliphatic heterocycles. The van der Waals surface area contributed by atoms with E-state index in [-0.39, 0.29) is 16.9 Å². The van der Waals surface area contributed by atoms with Crippen LogP contribution in [0, 0.1) is 39.9 Å². The standard InChI is InChI=1S/C29H46O/c1-19(2)9-8-10-20(3)22-12-13-23-21-11-14-25-27(4,5)26(30)16-18-29(25,7)24(21)15-17-28(22,23)6/h13,16,18-20,22,25-26,30H,8-12,14-15,17H2,1-7H3/t20-,22?,25?,26+,28-,29-/m1/s1. The monoisotopic (exact) mass is 410 g/mol. The highest BCUT2D eigenvalue weighted by Crippen LogP contribution is 2.65. The molecule has 0 heterocycles. The van der Waals surface area contributed by atoms with E-state index in [2.05, 4.69) is 66.7 Å². The quantitative estimate of drug-likeness (QED) is 0.457. The van der Waals surface area contributed by atoms with Crippen molar-refractivity contribution >= 4 is 0 Å².